The van der Waals surface area contributed by atoms with Crippen molar-refractivity contribution in [1.29, 1.82) is 0 Å². The molecule has 44 heavy (non-hydrogen) atoms. The van der Waals surface area contributed by atoms with E-state index in [1.54, 1.807) is 41.4 Å². The van der Waals surface area contributed by atoms with Crippen LogP contribution < -0.4 is 24.8 Å². The fourth-order valence-corrected chi connectivity index (χ4v) is 5.25. The van der Waals surface area contributed by atoms with E-state index < -0.39 is 5.97 Å². The zero-order valence-corrected chi connectivity index (χ0v) is 25.4. The topological polar surface area (TPSA) is 91.3 Å². The smallest absolute Gasteiger partial charge is 0.339 e. The van der Waals surface area contributed by atoms with E-state index in [1.807, 2.05) is 31.2 Å². The van der Waals surface area contributed by atoms with Gasteiger partial charge in [0.1, 0.15) is 28.6 Å². The number of hydrazine groups is 1. The number of carbonyl (C=O) groups is 2. The molecule has 2 N–H and O–H groups in total. The minimum atomic E-state index is -1.10. The van der Waals surface area contributed by atoms with Gasteiger partial charge in [0.15, 0.2) is 0 Å². The maximum Gasteiger partial charge on any atom is 0.339 e. The van der Waals surface area contributed by atoms with Crippen LogP contribution in [-0.4, -0.2) is 37.2 Å². The van der Waals surface area contributed by atoms with E-state index in [-0.39, 0.29) is 41.9 Å². The monoisotopic (exact) mass is 619 g/mol. The molecule has 0 saturated carbocycles. The SMILES string of the molecule is COc1cc(CC(=O)NN(c2ccc(Oc3ccc(F)cc3)cc2)c2c(C)cccc2N2CCCCC2)ccc1C(=O)O.Cl. The first-order valence-electron chi connectivity index (χ1n) is 14.2. The van der Waals surface area contributed by atoms with Crippen molar-refractivity contribution in [1.82, 2.24) is 5.43 Å². The van der Waals surface area contributed by atoms with Crippen molar-refractivity contribution in [3.8, 4) is 17.2 Å². The standard InChI is InChI=1S/C34H34FN3O5.ClH/c1-23-7-6-8-30(37-19-4-3-5-20-37)33(23)38(26-12-16-28(17-13-26)43-27-14-10-25(35)11-15-27)36-32(39)22-24-9-18-29(34(40)41)31(21-24)42-2;/h6-18,21H,3-5,19-20,22H2,1-2H3,(H,36,39)(H,40,41);1H. The molecule has 0 bridgehead atoms. The van der Waals surface area contributed by atoms with Crippen LogP contribution in [0.15, 0.2) is 84.9 Å². The summed E-state index contributed by atoms with van der Waals surface area (Å²) in [5.41, 5.74) is 7.33. The highest BCUT2D eigenvalue weighted by Gasteiger charge is 2.23. The number of piperidine rings is 1. The first-order chi connectivity index (χ1) is 20.8. The maximum atomic E-state index is 13.5. The molecule has 0 atom stereocenters. The van der Waals surface area contributed by atoms with E-state index in [1.165, 1.54) is 31.7 Å². The molecule has 1 heterocycles. The second kappa shape index (κ2) is 14.6. The van der Waals surface area contributed by atoms with E-state index >= 15 is 0 Å². The van der Waals surface area contributed by atoms with Gasteiger partial charge in [-0.2, -0.15) is 0 Å². The summed E-state index contributed by atoms with van der Waals surface area (Å²) in [6, 6.07) is 23.9. The molecule has 4 aromatic rings. The Morgan fingerprint density at radius 1 is 0.932 bits per heavy atom. The highest BCUT2D eigenvalue weighted by atomic mass is 35.5. The lowest BCUT2D eigenvalue weighted by atomic mass is 10.1. The van der Waals surface area contributed by atoms with Gasteiger partial charge in [0.2, 0.25) is 5.91 Å². The van der Waals surface area contributed by atoms with E-state index in [2.05, 4.69) is 16.4 Å². The van der Waals surface area contributed by atoms with Crippen LogP contribution in [0.1, 0.15) is 40.7 Å². The number of methoxy groups -OCH3 is 1. The van der Waals surface area contributed by atoms with Gasteiger partial charge >= 0.3 is 5.97 Å². The van der Waals surface area contributed by atoms with E-state index in [0.717, 1.165) is 42.9 Å². The van der Waals surface area contributed by atoms with Crippen LogP contribution >= 0.6 is 12.4 Å². The van der Waals surface area contributed by atoms with Crippen LogP contribution in [0.4, 0.5) is 21.5 Å². The number of hydrogen-bond donors (Lipinski definition) is 2. The van der Waals surface area contributed by atoms with Gasteiger partial charge in [0.05, 0.1) is 30.6 Å². The number of carboxylic acids is 1. The zero-order chi connectivity index (χ0) is 30.3. The summed E-state index contributed by atoms with van der Waals surface area (Å²) in [7, 11) is 1.40. The third-order valence-electron chi connectivity index (χ3n) is 7.38. The fraction of sp³-hybridized carbons (Fsp3) is 0.235. The average molecular weight is 620 g/mol. The van der Waals surface area contributed by atoms with Crippen molar-refractivity contribution >= 4 is 41.3 Å². The van der Waals surface area contributed by atoms with Gasteiger partial charge in [-0.15, -0.1) is 12.4 Å². The summed E-state index contributed by atoms with van der Waals surface area (Å²) in [4.78, 5) is 27.4. The molecule has 1 saturated heterocycles. The molecule has 5 rings (SSSR count). The van der Waals surface area contributed by atoms with Crippen molar-refractivity contribution in [2.45, 2.75) is 32.6 Å². The Labute approximate surface area is 262 Å². The number of carboxylic acid groups (broad SMARTS) is 1. The molecular weight excluding hydrogens is 585 g/mol. The Morgan fingerprint density at radius 2 is 1.59 bits per heavy atom. The number of para-hydroxylation sites is 1. The molecular formula is C34H35ClFN3O5. The quantitative estimate of drug-likeness (QED) is 0.178. The summed E-state index contributed by atoms with van der Waals surface area (Å²) < 4.78 is 24.5. The van der Waals surface area contributed by atoms with Gasteiger partial charge in [-0.05, 0) is 104 Å². The molecule has 8 nitrogen and oxygen atoms in total. The number of nitrogens with one attached hydrogen (secondary N) is 1. The Bertz CT molecular complexity index is 1590. The summed E-state index contributed by atoms with van der Waals surface area (Å²) in [5.74, 6) is -0.464. The van der Waals surface area contributed by atoms with Gasteiger partial charge < -0.3 is 19.5 Å². The van der Waals surface area contributed by atoms with Gasteiger partial charge in [-0.3, -0.25) is 15.2 Å². The molecule has 4 aromatic carbocycles. The number of rotatable bonds is 10. The van der Waals surface area contributed by atoms with Crippen LogP contribution in [0.5, 0.6) is 17.2 Å². The second-order valence-electron chi connectivity index (χ2n) is 10.4. The third-order valence-corrected chi connectivity index (χ3v) is 7.38. The number of carbonyl (C=O) groups excluding carboxylic acids is 1. The highest BCUT2D eigenvalue weighted by Crippen LogP contribution is 2.38. The van der Waals surface area contributed by atoms with Gasteiger partial charge in [0.25, 0.3) is 0 Å². The first kappa shape index (κ1) is 32.2. The summed E-state index contributed by atoms with van der Waals surface area (Å²) in [6.45, 7) is 3.88. The maximum absolute atomic E-state index is 13.5. The summed E-state index contributed by atoms with van der Waals surface area (Å²) in [5, 5.41) is 11.2. The van der Waals surface area contributed by atoms with Crippen molar-refractivity contribution in [3.63, 3.8) is 0 Å². The molecule has 0 aliphatic carbocycles. The van der Waals surface area contributed by atoms with Crippen molar-refractivity contribution in [2.75, 3.05) is 30.1 Å². The molecule has 1 aliphatic rings. The summed E-state index contributed by atoms with van der Waals surface area (Å²) >= 11 is 0. The molecule has 0 radical (unpaired) electrons. The molecule has 1 aliphatic heterocycles. The molecule has 1 amide bonds. The number of aryl methyl sites for hydroxylation is 1. The van der Waals surface area contributed by atoms with Crippen LogP contribution in [-0.2, 0) is 11.2 Å². The van der Waals surface area contributed by atoms with Crippen molar-refractivity contribution in [2.24, 2.45) is 0 Å². The Morgan fingerprint density at radius 3 is 2.23 bits per heavy atom. The predicted molar refractivity (Wildman–Crippen MR) is 171 cm³/mol. The fourth-order valence-electron chi connectivity index (χ4n) is 5.25. The number of ether oxygens (including phenoxy) is 2. The number of amides is 1. The Kier molecular flexibility index (Phi) is 10.7. The van der Waals surface area contributed by atoms with Crippen molar-refractivity contribution in [3.05, 3.63) is 107 Å². The number of nitrogens with zero attached hydrogens (tertiary/aromatic N) is 2. The summed E-state index contributed by atoms with van der Waals surface area (Å²) in [6.07, 6.45) is 3.40. The molecule has 1 fully saturated rings. The highest BCUT2D eigenvalue weighted by molar-refractivity contribution is 5.91. The van der Waals surface area contributed by atoms with Crippen molar-refractivity contribution < 1.29 is 28.6 Å². The Balaban J connectivity index is 0.00000442. The molecule has 0 unspecified atom stereocenters. The van der Waals surface area contributed by atoms with Crippen LogP contribution in [0.3, 0.4) is 0 Å². The minimum absolute atomic E-state index is 0. The molecule has 0 spiro atoms. The van der Waals surface area contributed by atoms with Gasteiger partial charge in [-0.1, -0.05) is 18.2 Å². The largest absolute Gasteiger partial charge is 0.496 e. The number of hydrogen-bond acceptors (Lipinski definition) is 6. The number of halogens is 2. The molecule has 10 heteroatoms. The lowest BCUT2D eigenvalue weighted by molar-refractivity contribution is -0.120. The van der Waals surface area contributed by atoms with Crippen LogP contribution in [0.2, 0.25) is 0 Å². The van der Waals surface area contributed by atoms with Gasteiger partial charge in [0, 0.05) is 13.1 Å². The van der Waals surface area contributed by atoms with E-state index in [9.17, 15) is 19.1 Å². The Hall–Kier alpha value is -4.76. The molecule has 0 aromatic heterocycles. The minimum Gasteiger partial charge on any atom is -0.496 e. The third kappa shape index (κ3) is 7.60. The second-order valence-corrected chi connectivity index (χ2v) is 10.4. The lowest BCUT2D eigenvalue weighted by Gasteiger charge is -2.35. The normalized spacial score (nSPS) is 12.6. The average Bonchev–Trinajstić information content (AvgIpc) is 3.02. The lowest BCUT2D eigenvalue weighted by Crippen LogP contribution is -2.41. The first-order valence-corrected chi connectivity index (χ1v) is 14.2. The van der Waals surface area contributed by atoms with Crippen LogP contribution in [0, 0.1) is 12.7 Å². The number of benzene rings is 4. The van der Waals surface area contributed by atoms with E-state index in [4.69, 9.17) is 9.47 Å². The zero-order valence-electron chi connectivity index (χ0n) is 24.6. The van der Waals surface area contributed by atoms with Gasteiger partial charge in [-0.25, -0.2) is 9.18 Å². The number of aromatic carboxylic acids is 1. The van der Waals surface area contributed by atoms with E-state index in [0.29, 0.717) is 22.7 Å². The molecule has 230 valence electrons. The van der Waals surface area contributed by atoms with Crippen LogP contribution in [0.25, 0.3) is 0 Å². The predicted octanol–water partition coefficient (Wildman–Crippen LogP) is 7.46. The number of anilines is 3.